The second-order valence-corrected chi connectivity index (χ2v) is 5.94. The first kappa shape index (κ1) is 13.5. The first-order valence-corrected chi connectivity index (χ1v) is 6.96. The molecule has 18 heavy (non-hydrogen) atoms. The summed E-state index contributed by atoms with van der Waals surface area (Å²) < 4.78 is 19.4. The van der Waals surface area contributed by atoms with Crippen molar-refractivity contribution in [1.29, 1.82) is 0 Å². The minimum Gasteiger partial charge on any atom is -0.494 e. The monoisotopic (exact) mass is 330 g/mol. The second kappa shape index (κ2) is 5.77. The third kappa shape index (κ3) is 2.71. The van der Waals surface area contributed by atoms with Gasteiger partial charge in [0, 0.05) is 12.0 Å². The number of halogens is 2. The van der Waals surface area contributed by atoms with Gasteiger partial charge in [-0.1, -0.05) is 0 Å². The van der Waals surface area contributed by atoms with Gasteiger partial charge in [-0.2, -0.15) is 0 Å². The summed E-state index contributed by atoms with van der Waals surface area (Å²) in [6, 6.07) is 4.82. The maximum Gasteiger partial charge on any atom is 0.165 e. The predicted octanol–water partition coefficient (Wildman–Crippen LogP) is 3.22. The van der Waals surface area contributed by atoms with E-state index in [1.807, 2.05) is 0 Å². The van der Waals surface area contributed by atoms with Crippen LogP contribution >= 0.6 is 27.3 Å². The Balaban J connectivity index is 2.36. The van der Waals surface area contributed by atoms with Gasteiger partial charge in [0.25, 0.3) is 0 Å². The van der Waals surface area contributed by atoms with E-state index in [2.05, 4.69) is 20.9 Å². The van der Waals surface area contributed by atoms with Crippen LogP contribution in [0.15, 0.2) is 22.0 Å². The van der Waals surface area contributed by atoms with Crippen molar-refractivity contribution >= 4 is 27.3 Å². The van der Waals surface area contributed by atoms with Crippen molar-refractivity contribution in [1.82, 2.24) is 4.98 Å². The largest absolute Gasteiger partial charge is 0.494 e. The van der Waals surface area contributed by atoms with Crippen molar-refractivity contribution in [3.8, 4) is 16.3 Å². The molecule has 0 aliphatic carbocycles. The molecular weight excluding hydrogens is 319 g/mol. The quantitative estimate of drug-likeness (QED) is 0.936. The summed E-state index contributed by atoms with van der Waals surface area (Å²) in [6.07, 6.45) is 0.704. The van der Waals surface area contributed by atoms with Gasteiger partial charge in [-0.05, 0) is 40.7 Å². The molecule has 0 bridgehead atoms. The third-order valence-electron chi connectivity index (χ3n) is 2.43. The number of ether oxygens (including phenoxy) is 1. The summed E-state index contributed by atoms with van der Waals surface area (Å²) in [6.45, 7) is 0.540. The molecule has 0 spiro atoms. The zero-order valence-electron chi connectivity index (χ0n) is 9.74. The van der Waals surface area contributed by atoms with Crippen molar-refractivity contribution in [2.24, 2.45) is 5.73 Å². The Kier molecular flexibility index (Phi) is 4.31. The molecule has 1 aromatic heterocycles. The molecule has 96 valence electrons. The summed E-state index contributed by atoms with van der Waals surface area (Å²) in [4.78, 5) is 4.45. The highest BCUT2D eigenvalue weighted by Gasteiger charge is 2.12. The number of hydrogen-bond donors (Lipinski definition) is 1. The lowest BCUT2D eigenvalue weighted by Crippen LogP contribution is -2.03. The Morgan fingerprint density at radius 2 is 2.28 bits per heavy atom. The maximum atomic E-state index is 13.6. The molecule has 2 N–H and O–H groups in total. The fourth-order valence-corrected chi connectivity index (χ4v) is 3.13. The molecule has 0 amide bonds. The molecule has 1 aromatic carbocycles. The van der Waals surface area contributed by atoms with Gasteiger partial charge in [-0.25, -0.2) is 9.37 Å². The molecule has 1 heterocycles. The van der Waals surface area contributed by atoms with Crippen LogP contribution in [0, 0.1) is 5.82 Å². The van der Waals surface area contributed by atoms with E-state index in [4.69, 9.17) is 10.5 Å². The molecule has 3 nitrogen and oxygen atoms in total. The number of methoxy groups -OCH3 is 1. The summed E-state index contributed by atoms with van der Waals surface area (Å²) in [5.41, 5.74) is 7.16. The number of nitrogens with zero attached hydrogens (tertiary/aromatic N) is 1. The van der Waals surface area contributed by atoms with Crippen LogP contribution in [0.4, 0.5) is 4.39 Å². The molecular formula is C12H12BrFN2OS. The number of hydrogen-bond acceptors (Lipinski definition) is 4. The van der Waals surface area contributed by atoms with Crippen LogP contribution in [0.1, 0.15) is 5.69 Å². The number of rotatable bonds is 4. The van der Waals surface area contributed by atoms with Crippen LogP contribution in [0.2, 0.25) is 0 Å². The van der Waals surface area contributed by atoms with E-state index < -0.39 is 0 Å². The molecule has 6 heteroatoms. The Morgan fingerprint density at radius 1 is 1.50 bits per heavy atom. The SMILES string of the molecule is COc1ccc(-c2nc(CCN)c(Br)s2)cc1F. The topological polar surface area (TPSA) is 48.1 Å². The Hall–Kier alpha value is -0.980. The van der Waals surface area contributed by atoms with E-state index in [9.17, 15) is 4.39 Å². The summed E-state index contributed by atoms with van der Waals surface area (Å²) in [5.74, 6) is -0.154. The third-order valence-corrected chi connectivity index (χ3v) is 4.31. The number of aromatic nitrogens is 1. The zero-order chi connectivity index (χ0) is 13.1. The van der Waals surface area contributed by atoms with Crippen molar-refractivity contribution in [2.45, 2.75) is 6.42 Å². The van der Waals surface area contributed by atoms with E-state index in [0.717, 1.165) is 20.1 Å². The standard InChI is InChI=1S/C12H12BrFN2OS/c1-17-10-3-2-7(6-8(10)14)12-16-9(4-5-15)11(13)18-12/h2-3,6H,4-5,15H2,1H3. The van der Waals surface area contributed by atoms with Gasteiger partial charge in [0.15, 0.2) is 11.6 Å². The average Bonchev–Trinajstić information content (AvgIpc) is 2.71. The normalized spacial score (nSPS) is 10.7. The molecule has 2 aromatic rings. The Bertz CT molecular complexity index is 559. The summed E-state index contributed by atoms with van der Waals surface area (Å²) in [5, 5.41) is 0.770. The predicted molar refractivity (Wildman–Crippen MR) is 74.5 cm³/mol. The highest BCUT2D eigenvalue weighted by atomic mass is 79.9. The number of thiazole rings is 1. The smallest absolute Gasteiger partial charge is 0.165 e. The van der Waals surface area contributed by atoms with Crippen LogP contribution in [0.25, 0.3) is 10.6 Å². The van der Waals surface area contributed by atoms with Crippen LogP contribution in [0.3, 0.4) is 0 Å². The van der Waals surface area contributed by atoms with Gasteiger partial charge < -0.3 is 10.5 Å². The lowest BCUT2D eigenvalue weighted by molar-refractivity contribution is 0.386. The van der Waals surface area contributed by atoms with E-state index in [1.54, 1.807) is 12.1 Å². The lowest BCUT2D eigenvalue weighted by atomic mass is 10.2. The molecule has 0 aliphatic rings. The van der Waals surface area contributed by atoms with Crippen LogP contribution in [-0.2, 0) is 6.42 Å². The minimum absolute atomic E-state index is 0.233. The van der Waals surface area contributed by atoms with Crippen LogP contribution in [0.5, 0.6) is 5.75 Å². The van der Waals surface area contributed by atoms with Crippen LogP contribution in [-0.4, -0.2) is 18.6 Å². The van der Waals surface area contributed by atoms with Crippen LogP contribution < -0.4 is 10.5 Å². The Morgan fingerprint density at radius 3 is 2.89 bits per heavy atom. The van der Waals surface area contributed by atoms with E-state index in [1.165, 1.54) is 24.5 Å². The zero-order valence-corrected chi connectivity index (χ0v) is 12.1. The lowest BCUT2D eigenvalue weighted by Gasteiger charge is -2.02. The molecule has 2 rings (SSSR count). The Labute approximate surface area is 117 Å². The van der Waals surface area contributed by atoms with E-state index in [0.29, 0.717) is 13.0 Å². The summed E-state index contributed by atoms with van der Waals surface area (Å²) in [7, 11) is 1.44. The maximum absolute atomic E-state index is 13.6. The van der Waals surface area contributed by atoms with Gasteiger partial charge in [-0.3, -0.25) is 0 Å². The number of benzene rings is 1. The van der Waals surface area contributed by atoms with E-state index in [-0.39, 0.29) is 11.6 Å². The van der Waals surface area contributed by atoms with Gasteiger partial charge >= 0.3 is 0 Å². The fourth-order valence-electron chi connectivity index (χ4n) is 1.55. The molecule has 0 saturated heterocycles. The van der Waals surface area contributed by atoms with Crippen molar-refractivity contribution < 1.29 is 9.13 Å². The van der Waals surface area contributed by atoms with Crippen molar-refractivity contribution in [3.05, 3.63) is 33.5 Å². The second-order valence-electron chi connectivity index (χ2n) is 3.63. The molecule has 0 unspecified atom stereocenters. The average molecular weight is 331 g/mol. The minimum atomic E-state index is -0.387. The first-order chi connectivity index (χ1) is 8.65. The van der Waals surface area contributed by atoms with Crippen molar-refractivity contribution in [3.63, 3.8) is 0 Å². The van der Waals surface area contributed by atoms with Gasteiger partial charge in [0.1, 0.15) is 5.01 Å². The first-order valence-electron chi connectivity index (χ1n) is 5.35. The van der Waals surface area contributed by atoms with Gasteiger partial charge in [0.05, 0.1) is 16.6 Å². The van der Waals surface area contributed by atoms with Gasteiger partial charge in [-0.15, -0.1) is 11.3 Å². The molecule has 0 aliphatic heterocycles. The fraction of sp³-hybridized carbons (Fsp3) is 0.250. The molecule has 0 saturated carbocycles. The highest BCUT2D eigenvalue weighted by Crippen LogP contribution is 2.33. The summed E-state index contributed by atoms with van der Waals surface area (Å²) >= 11 is 4.92. The number of nitrogens with two attached hydrogens (primary N) is 1. The highest BCUT2D eigenvalue weighted by molar-refractivity contribution is 9.11. The molecule has 0 atom stereocenters. The van der Waals surface area contributed by atoms with Gasteiger partial charge in [0.2, 0.25) is 0 Å². The van der Waals surface area contributed by atoms with Crippen molar-refractivity contribution in [2.75, 3.05) is 13.7 Å². The van der Waals surface area contributed by atoms with E-state index >= 15 is 0 Å². The molecule has 0 fully saturated rings. The molecule has 0 radical (unpaired) electrons.